The highest BCUT2D eigenvalue weighted by atomic mass is 15.2. The van der Waals surface area contributed by atoms with E-state index in [1.165, 1.54) is 32.2 Å². The Bertz CT molecular complexity index is 397. The Labute approximate surface area is 114 Å². The van der Waals surface area contributed by atoms with Gasteiger partial charge in [0.2, 0.25) is 0 Å². The van der Waals surface area contributed by atoms with Crippen molar-refractivity contribution in [2.75, 3.05) is 42.9 Å². The summed E-state index contributed by atoms with van der Waals surface area (Å²) < 4.78 is 0. The Morgan fingerprint density at radius 2 is 2.16 bits per heavy atom. The van der Waals surface area contributed by atoms with Gasteiger partial charge in [-0.2, -0.15) is 0 Å². The van der Waals surface area contributed by atoms with Crippen LogP contribution in [0.15, 0.2) is 12.4 Å². The molecule has 0 aliphatic carbocycles. The molecule has 1 unspecified atom stereocenters. The molecule has 0 amide bonds. The lowest BCUT2D eigenvalue weighted by Crippen LogP contribution is -2.33. The van der Waals surface area contributed by atoms with E-state index in [-0.39, 0.29) is 0 Å². The Hall–Kier alpha value is -1.36. The van der Waals surface area contributed by atoms with Gasteiger partial charge >= 0.3 is 0 Å². The summed E-state index contributed by atoms with van der Waals surface area (Å²) in [6.07, 6.45) is 6.83. The maximum absolute atomic E-state index is 4.38. The van der Waals surface area contributed by atoms with E-state index in [2.05, 4.69) is 31.6 Å². The van der Waals surface area contributed by atoms with Crippen LogP contribution in [0.25, 0.3) is 0 Å². The quantitative estimate of drug-likeness (QED) is 0.860. The number of hydrogen-bond acceptors (Lipinski definition) is 5. The highest BCUT2D eigenvalue weighted by Gasteiger charge is 2.15. The molecule has 2 saturated heterocycles. The van der Waals surface area contributed by atoms with Gasteiger partial charge in [0.25, 0.3) is 0 Å². The Kier molecular flexibility index (Phi) is 4.13. The van der Waals surface area contributed by atoms with Gasteiger partial charge in [-0.1, -0.05) is 0 Å². The predicted molar refractivity (Wildman–Crippen MR) is 77.6 cm³/mol. The monoisotopic (exact) mass is 261 g/mol. The van der Waals surface area contributed by atoms with Gasteiger partial charge in [0.1, 0.15) is 18.0 Å². The molecule has 0 bridgehead atoms. The van der Waals surface area contributed by atoms with Gasteiger partial charge in [-0.05, 0) is 44.7 Å². The highest BCUT2D eigenvalue weighted by Crippen LogP contribution is 2.19. The first kappa shape index (κ1) is 12.7. The smallest absolute Gasteiger partial charge is 0.134 e. The van der Waals surface area contributed by atoms with Crippen LogP contribution in [0.1, 0.15) is 25.7 Å². The Balaban J connectivity index is 1.56. The number of nitrogens with one attached hydrogen (secondary N) is 2. The van der Waals surface area contributed by atoms with Crippen molar-refractivity contribution >= 4 is 11.6 Å². The lowest BCUT2D eigenvalue weighted by molar-refractivity contribution is 0.392. The first-order valence-electron chi connectivity index (χ1n) is 7.43. The van der Waals surface area contributed by atoms with Crippen molar-refractivity contribution in [2.24, 2.45) is 5.92 Å². The summed E-state index contributed by atoms with van der Waals surface area (Å²) in [5.41, 5.74) is 0. The average molecular weight is 261 g/mol. The highest BCUT2D eigenvalue weighted by molar-refractivity contribution is 5.48. The minimum absolute atomic E-state index is 0.721. The van der Waals surface area contributed by atoms with Crippen molar-refractivity contribution in [1.29, 1.82) is 0 Å². The van der Waals surface area contributed by atoms with Crippen LogP contribution in [0.2, 0.25) is 0 Å². The summed E-state index contributed by atoms with van der Waals surface area (Å²) in [6.45, 7) is 5.55. The molecular formula is C14H23N5. The standard InChI is InChI=1S/C14H23N5/c1-2-7-19(6-1)14-8-13(17-11-18-14)16-10-12-4-3-5-15-9-12/h8,11-12,15H,1-7,9-10H2,(H,16,17,18). The average Bonchev–Trinajstić information content (AvgIpc) is 3.01. The summed E-state index contributed by atoms with van der Waals surface area (Å²) in [5, 5.41) is 6.91. The van der Waals surface area contributed by atoms with Crippen molar-refractivity contribution < 1.29 is 0 Å². The normalized spacial score (nSPS) is 23.6. The molecule has 19 heavy (non-hydrogen) atoms. The van der Waals surface area contributed by atoms with Gasteiger partial charge in [-0.3, -0.25) is 0 Å². The predicted octanol–water partition coefficient (Wildman–Crippen LogP) is 1.49. The second kappa shape index (κ2) is 6.19. The summed E-state index contributed by atoms with van der Waals surface area (Å²) in [6, 6.07) is 2.08. The van der Waals surface area contributed by atoms with E-state index in [0.717, 1.165) is 43.7 Å². The third kappa shape index (κ3) is 3.35. The fourth-order valence-electron chi connectivity index (χ4n) is 2.91. The molecule has 1 aromatic rings. The first-order chi connectivity index (χ1) is 9.42. The van der Waals surface area contributed by atoms with Gasteiger partial charge in [0.15, 0.2) is 0 Å². The number of rotatable bonds is 4. The second-order valence-electron chi connectivity index (χ2n) is 5.55. The van der Waals surface area contributed by atoms with Crippen LogP contribution in [0.4, 0.5) is 11.6 Å². The maximum atomic E-state index is 4.38. The molecular weight excluding hydrogens is 238 g/mol. The minimum atomic E-state index is 0.721. The SMILES string of the molecule is c1nc(NCC2CCCNC2)cc(N2CCCC2)n1. The zero-order valence-electron chi connectivity index (χ0n) is 11.4. The number of aromatic nitrogens is 2. The van der Waals surface area contributed by atoms with Gasteiger partial charge in [-0.25, -0.2) is 9.97 Å². The van der Waals surface area contributed by atoms with Crippen LogP contribution in [0, 0.1) is 5.92 Å². The van der Waals surface area contributed by atoms with Crippen molar-refractivity contribution in [3.8, 4) is 0 Å². The number of nitrogens with zero attached hydrogens (tertiary/aromatic N) is 3. The number of hydrogen-bond donors (Lipinski definition) is 2. The lowest BCUT2D eigenvalue weighted by atomic mass is 10.00. The van der Waals surface area contributed by atoms with Crippen molar-refractivity contribution in [3.05, 3.63) is 12.4 Å². The van der Waals surface area contributed by atoms with Crippen LogP contribution in [0.3, 0.4) is 0 Å². The Morgan fingerprint density at radius 3 is 2.95 bits per heavy atom. The van der Waals surface area contributed by atoms with E-state index in [1.807, 2.05) is 0 Å². The molecule has 2 N–H and O–H groups in total. The number of piperidine rings is 1. The minimum Gasteiger partial charge on any atom is -0.370 e. The molecule has 1 atom stereocenters. The molecule has 104 valence electrons. The van der Waals surface area contributed by atoms with Crippen LogP contribution in [-0.4, -0.2) is 42.7 Å². The van der Waals surface area contributed by atoms with E-state index in [0.29, 0.717) is 0 Å². The summed E-state index contributed by atoms with van der Waals surface area (Å²) in [4.78, 5) is 11.0. The second-order valence-corrected chi connectivity index (χ2v) is 5.55. The van der Waals surface area contributed by atoms with Gasteiger partial charge in [0, 0.05) is 25.7 Å². The molecule has 1 aromatic heterocycles. The van der Waals surface area contributed by atoms with Gasteiger partial charge in [0.05, 0.1) is 0 Å². The fraction of sp³-hybridized carbons (Fsp3) is 0.714. The molecule has 5 heteroatoms. The van der Waals surface area contributed by atoms with Crippen molar-refractivity contribution in [2.45, 2.75) is 25.7 Å². The summed E-state index contributed by atoms with van der Waals surface area (Å²) in [7, 11) is 0. The Morgan fingerprint density at radius 1 is 1.26 bits per heavy atom. The van der Waals surface area contributed by atoms with Crippen LogP contribution >= 0.6 is 0 Å². The third-order valence-corrected chi connectivity index (χ3v) is 4.05. The van der Waals surface area contributed by atoms with Gasteiger partial charge < -0.3 is 15.5 Å². The van der Waals surface area contributed by atoms with Gasteiger partial charge in [-0.15, -0.1) is 0 Å². The van der Waals surface area contributed by atoms with Crippen LogP contribution in [0.5, 0.6) is 0 Å². The lowest BCUT2D eigenvalue weighted by Gasteiger charge is -2.23. The molecule has 0 saturated carbocycles. The molecule has 2 aliphatic rings. The molecule has 2 aliphatic heterocycles. The van der Waals surface area contributed by atoms with Crippen molar-refractivity contribution in [1.82, 2.24) is 15.3 Å². The maximum Gasteiger partial charge on any atom is 0.134 e. The van der Waals surface area contributed by atoms with Crippen LogP contribution < -0.4 is 15.5 Å². The van der Waals surface area contributed by atoms with E-state index in [1.54, 1.807) is 6.33 Å². The van der Waals surface area contributed by atoms with E-state index in [4.69, 9.17) is 0 Å². The molecule has 3 heterocycles. The first-order valence-corrected chi connectivity index (χ1v) is 7.43. The van der Waals surface area contributed by atoms with Crippen molar-refractivity contribution in [3.63, 3.8) is 0 Å². The molecule has 0 aromatic carbocycles. The van der Waals surface area contributed by atoms with E-state index < -0.39 is 0 Å². The zero-order chi connectivity index (χ0) is 12.9. The molecule has 0 spiro atoms. The largest absolute Gasteiger partial charge is 0.370 e. The van der Waals surface area contributed by atoms with Crippen LogP contribution in [-0.2, 0) is 0 Å². The topological polar surface area (TPSA) is 53.1 Å². The summed E-state index contributed by atoms with van der Waals surface area (Å²) in [5.74, 6) is 2.75. The molecule has 0 radical (unpaired) electrons. The summed E-state index contributed by atoms with van der Waals surface area (Å²) >= 11 is 0. The van der Waals surface area contributed by atoms with E-state index >= 15 is 0 Å². The van der Waals surface area contributed by atoms with E-state index in [9.17, 15) is 0 Å². The molecule has 2 fully saturated rings. The molecule has 5 nitrogen and oxygen atoms in total. The fourth-order valence-corrected chi connectivity index (χ4v) is 2.91. The third-order valence-electron chi connectivity index (χ3n) is 4.05. The molecule has 3 rings (SSSR count). The number of anilines is 2. The zero-order valence-corrected chi connectivity index (χ0v) is 11.4.